The lowest BCUT2D eigenvalue weighted by Crippen LogP contribution is -2.23. The molecule has 4 heteroatoms. The van der Waals surface area contributed by atoms with Gasteiger partial charge in [-0.2, -0.15) is 0 Å². The molecule has 0 saturated carbocycles. The number of aliphatic hydroxyl groups is 1. The molecule has 1 rings (SSSR count). The van der Waals surface area contributed by atoms with Crippen molar-refractivity contribution in [3.63, 3.8) is 0 Å². The topological polar surface area (TPSA) is 65.1 Å². The maximum Gasteiger partial charge on any atom is 0.220 e. The van der Waals surface area contributed by atoms with Crippen molar-refractivity contribution in [2.45, 2.75) is 32.4 Å². The lowest BCUT2D eigenvalue weighted by Gasteiger charge is -2.05. The molecular weight excluding hydrogens is 180 g/mol. The monoisotopic (exact) mass is 196 g/mol. The Kier molecular flexibility index (Phi) is 4.19. The number of carbonyl (C=O) groups excluding carboxylic acids is 1. The van der Waals surface area contributed by atoms with E-state index in [1.165, 1.54) is 0 Å². The molecule has 1 atom stereocenters. The third kappa shape index (κ3) is 4.09. The van der Waals surface area contributed by atoms with E-state index in [0.717, 1.165) is 5.56 Å². The zero-order valence-electron chi connectivity index (χ0n) is 8.29. The second-order valence-electron chi connectivity index (χ2n) is 3.38. The average Bonchev–Trinajstić information content (AvgIpc) is 2.63. The van der Waals surface area contributed by atoms with Crippen molar-refractivity contribution < 1.29 is 9.90 Å². The summed E-state index contributed by atoms with van der Waals surface area (Å²) in [6, 6.07) is 1.91. The Labute approximate surface area is 83.3 Å². The van der Waals surface area contributed by atoms with Crippen molar-refractivity contribution in [1.82, 2.24) is 10.3 Å². The summed E-state index contributed by atoms with van der Waals surface area (Å²) in [5.41, 5.74) is 1.05. The molecule has 0 aromatic carbocycles. The highest BCUT2D eigenvalue weighted by atomic mass is 16.3. The summed E-state index contributed by atoms with van der Waals surface area (Å²) in [6.45, 7) is 2.22. The van der Waals surface area contributed by atoms with Gasteiger partial charge in [-0.3, -0.25) is 4.79 Å². The van der Waals surface area contributed by atoms with E-state index in [1.54, 1.807) is 6.92 Å². The van der Waals surface area contributed by atoms with Crippen LogP contribution in [-0.4, -0.2) is 22.1 Å². The van der Waals surface area contributed by atoms with Crippen LogP contribution in [0.4, 0.5) is 0 Å². The van der Waals surface area contributed by atoms with Gasteiger partial charge in [0.2, 0.25) is 5.91 Å². The number of nitrogens with one attached hydrogen (secondary N) is 2. The molecule has 14 heavy (non-hydrogen) atoms. The van der Waals surface area contributed by atoms with Gasteiger partial charge in [0.15, 0.2) is 0 Å². The molecule has 1 aromatic rings. The Morgan fingerprint density at radius 1 is 1.71 bits per heavy atom. The van der Waals surface area contributed by atoms with Crippen molar-refractivity contribution >= 4 is 5.91 Å². The second-order valence-corrected chi connectivity index (χ2v) is 3.38. The zero-order valence-corrected chi connectivity index (χ0v) is 8.29. The molecule has 0 aliphatic rings. The van der Waals surface area contributed by atoms with Crippen LogP contribution in [-0.2, 0) is 11.3 Å². The molecule has 78 valence electrons. The molecule has 0 radical (unpaired) electrons. The summed E-state index contributed by atoms with van der Waals surface area (Å²) >= 11 is 0. The minimum absolute atomic E-state index is 0.0212. The minimum Gasteiger partial charge on any atom is -0.393 e. The summed E-state index contributed by atoms with van der Waals surface area (Å²) in [6.07, 6.45) is 4.14. The van der Waals surface area contributed by atoms with Crippen molar-refractivity contribution in [2.24, 2.45) is 0 Å². The van der Waals surface area contributed by atoms with E-state index in [-0.39, 0.29) is 5.91 Å². The summed E-state index contributed by atoms with van der Waals surface area (Å²) in [5, 5.41) is 11.7. The SMILES string of the molecule is CC(O)CCC(=O)NCc1cc[nH]c1. The fourth-order valence-electron chi connectivity index (χ4n) is 1.10. The molecule has 0 aliphatic heterocycles. The van der Waals surface area contributed by atoms with Crippen LogP contribution in [0.15, 0.2) is 18.5 Å². The van der Waals surface area contributed by atoms with Crippen molar-refractivity contribution in [2.75, 3.05) is 0 Å². The number of aromatic amines is 1. The van der Waals surface area contributed by atoms with Crippen molar-refractivity contribution in [3.05, 3.63) is 24.0 Å². The number of aliphatic hydroxyl groups excluding tert-OH is 1. The Hall–Kier alpha value is -1.29. The highest BCUT2D eigenvalue weighted by Crippen LogP contribution is 1.98. The quantitative estimate of drug-likeness (QED) is 0.652. The van der Waals surface area contributed by atoms with Crippen LogP contribution >= 0.6 is 0 Å². The Balaban J connectivity index is 2.15. The summed E-state index contributed by atoms with van der Waals surface area (Å²) < 4.78 is 0. The molecule has 4 nitrogen and oxygen atoms in total. The number of hydrogen-bond donors (Lipinski definition) is 3. The maximum atomic E-state index is 11.2. The minimum atomic E-state index is -0.409. The first-order chi connectivity index (χ1) is 6.68. The standard InChI is InChI=1S/C10H16N2O2/c1-8(13)2-3-10(14)12-7-9-4-5-11-6-9/h4-6,8,11,13H,2-3,7H2,1H3,(H,12,14). The van der Waals surface area contributed by atoms with Crippen LogP contribution in [0.25, 0.3) is 0 Å². The zero-order chi connectivity index (χ0) is 10.4. The van der Waals surface area contributed by atoms with Crippen LogP contribution in [0.3, 0.4) is 0 Å². The van der Waals surface area contributed by atoms with E-state index in [2.05, 4.69) is 10.3 Å². The summed E-state index contributed by atoms with van der Waals surface area (Å²) in [4.78, 5) is 14.1. The molecule has 1 amide bonds. The number of hydrogen-bond acceptors (Lipinski definition) is 2. The Morgan fingerprint density at radius 3 is 3.07 bits per heavy atom. The smallest absolute Gasteiger partial charge is 0.220 e. The van der Waals surface area contributed by atoms with Crippen LogP contribution in [0.1, 0.15) is 25.3 Å². The van der Waals surface area contributed by atoms with Gasteiger partial charge in [-0.05, 0) is 25.0 Å². The van der Waals surface area contributed by atoms with E-state index in [9.17, 15) is 4.79 Å². The fraction of sp³-hybridized carbons (Fsp3) is 0.500. The molecule has 0 saturated heterocycles. The first-order valence-corrected chi connectivity index (χ1v) is 4.75. The van der Waals surface area contributed by atoms with E-state index < -0.39 is 6.10 Å². The molecule has 0 bridgehead atoms. The number of aromatic nitrogens is 1. The Bertz CT molecular complexity index is 268. The average molecular weight is 196 g/mol. The highest BCUT2D eigenvalue weighted by molar-refractivity contribution is 5.75. The number of carbonyl (C=O) groups is 1. The van der Waals surface area contributed by atoms with Crippen LogP contribution in [0.2, 0.25) is 0 Å². The van der Waals surface area contributed by atoms with Gasteiger partial charge >= 0.3 is 0 Å². The van der Waals surface area contributed by atoms with Gasteiger partial charge in [-0.15, -0.1) is 0 Å². The molecular formula is C10H16N2O2. The predicted molar refractivity (Wildman–Crippen MR) is 53.6 cm³/mol. The number of amides is 1. The van der Waals surface area contributed by atoms with E-state index >= 15 is 0 Å². The normalized spacial score (nSPS) is 12.4. The molecule has 0 spiro atoms. The van der Waals surface area contributed by atoms with E-state index in [1.807, 2.05) is 18.5 Å². The van der Waals surface area contributed by atoms with Crippen molar-refractivity contribution in [1.29, 1.82) is 0 Å². The first kappa shape index (κ1) is 10.8. The third-order valence-corrected chi connectivity index (χ3v) is 1.94. The molecule has 0 fully saturated rings. The van der Waals surface area contributed by atoms with Gasteiger partial charge < -0.3 is 15.4 Å². The highest BCUT2D eigenvalue weighted by Gasteiger charge is 2.03. The second kappa shape index (κ2) is 5.44. The molecule has 0 aliphatic carbocycles. The summed E-state index contributed by atoms with van der Waals surface area (Å²) in [7, 11) is 0. The first-order valence-electron chi connectivity index (χ1n) is 4.75. The molecule has 1 aromatic heterocycles. The summed E-state index contributed by atoms with van der Waals surface area (Å²) in [5.74, 6) is -0.0212. The predicted octanol–water partition coefficient (Wildman–Crippen LogP) is 0.792. The van der Waals surface area contributed by atoms with Gasteiger partial charge in [0.25, 0.3) is 0 Å². The molecule has 1 heterocycles. The van der Waals surface area contributed by atoms with Crippen LogP contribution in [0, 0.1) is 0 Å². The van der Waals surface area contributed by atoms with Gasteiger partial charge in [0.05, 0.1) is 6.10 Å². The largest absolute Gasteiger partial charge is 0.393 e. The Morgan fingerprint density at radius 2 is 2.50 bits per heavy atom. The molecule has 1 unspecified atom stereocenters. The third-order valence-electron chi connectivity index (χ3n) is 1.94. The lowest BCUT2D eigenvalue weighted by molar-refractivity contribution is -0.121. The number of H-pyrrole nitrogens is 1. The van der Waals surface area contributed by atoms with Gasteiger partial charge in [-0.25, -0.2) is 0 Å². The van der Waals surface area contributed by atoms with Gasteiger partial charge in [0.1, 0.15) is 0 Å². The fourth-order valence-corrected chi connectivity index (χ4v) is 1.10. The van der Waals surface area contributed by atoms with Gasteiger partial charge in [-0.1, -0.05) is 0 Å². The van der Waals surface area contributed by atoms with Crippen LogP contribution < -0.4 is 5.32 Å². The lowest BCUT2D eigenvalue weighted by atomic mass is 10.2. The van der Waals surface area contributed by atoms with E-state index in [4.69, 9.17) is 5.11 Å². The van der Waals surface area contributed by atoms with Crippen LogP contribution in [0.5, 0.6) is 0 Å². The maximum absolute atomic E-state index is 11.2. The van der Waals surface area contributed by atoms with E-state index in [0.29, 0.717) is 19.4 Å². The van der Waals surface area contributed by atoms with Gasteiger partial charge in [0, 0.05) is 25.4 Å². The van der Waals surface area contributed by atoms with Crippen molar-refractivity contribution in [3.8, 4) is 0 Å². The number of rotatable bonds is 5. The molecule has 3 N–H and O–H groups in total.